The summed E-state index contributed by atoms with van der Waals surface area (Å²) >= 11 is 5.90. The number of benzene rings is 2. The Labute approximate surface area is 129 Å². The van der Waals surface area contributed by atoms with Crippen molar-refractivity contribution < 1.29 is 4.79 Å². The van der Waals surface area contributed by atoms with E-state index in [4.69, 9.17) is 11.6 Å². The van der Waals surface area contributed by atoms with Crippen molar-refractivity contribution in [2.24, 2.45) is 5.41 Å². The molecule has 0 aromatic heterocycles. The first-order chi connectivity index (χ1) is 10.1. The Kier molecular flexibility index (Phi) is 3.60. The number of rotatable bonds is 3. The van der Waals surface area contributed by atoms with Crippen LogP contribution in [-0.2, 0) is 11.2 Å². The molecule has 1 saturated heterocycles. The van der Waals surface area contributed by atoms with Crippen LogP contribution in [0, 0.1) is 5.41 Å². The summed E-state index contributed by atoms with van der Waals surface area (Å²) < 4.78 is 0. The largest absolute Gasteiger partial charge is 0.284 e. The Morgan fingerprint density at radius 2 is 1.81 bits per heavy atom. The van der Waals surface area contributed by atoms with Crippen molar-refractivity contribution in [3.05, 3.63) is 65.2 Å². The maximum absolute atomic E-state index is 12.4. The fourth-order valence-corrected chi connectivity index (χ4v) is 2.80. The number of carbonyl (C=O) groups excluding carboxylic acids is 1. The molecule has 2 aromatic rings. The molecule has 3 rings (SSSR count). The van der Waals surface area contributed by atoms with E-state index in [1.54, 1.807) is 0 Å². The van der Waals surface area contributed by atoms with Crippen molar-refractivity contribution in [2.45, 2.75) is 13.3 Å². The fourth-order valence-electron chi connectivity index (χ4n) is 2.68. The van der Waals surface area contributed by atoms with Crippen molar-refractivity contribution >= 4 is 23.2 Å². The average molecular weight is 301 g/mol. The second-order valence-corrected chi connectivity index (χ2v) is 6.16. The van der Waals surface area contributed by atoms with E-state index >= 15 is 0 Å². The molecule has 0 radical (unpaired) electrons. The van der Waals surface area contributed by atoms with Crippen LogP contribution in [0.5, 0.6) is 0 Å². The number of nitrogens with zero attached hydrogens (tertiary/aromatic N) is 1. The van der Waals surface area contributed by atoms with Gasteiger partial charge >= 0.3 is 0 Å². The predicted molar refractivity (Wildman–Crippen MR) is 85.2 cm³/mol. The van der Waals surface area contributed by atoms with Gasteiger partial charge in [0.2, 0.25) is 5.91 Å². The third kappa shape index (κ3) is 2.88. The lowest BCUT2D eigenvalue weighted by Crippen LogP contribution is -2.33. The second kappa shape index (κ2) is 5.41. The molecule has 0 saturated carbocycles. The van der Waals surface area contributed by atoms with Gasteiger partial charge in [-0.3, -0.25) is 15.2 Å². The Bertz CT molecular complexity index is 642. The molecule has 1 atom stereocenters. The average Bonchev–Trinajstić information content (AvgIpc) is 2.76. The highest BCUT2D eigenvalue weighted by Gasteiger charge is 2.42. The predicted octanol–water partition coefficient (Wildman–Crippen LogP) is 3.44. The number of hydrazine groups is 1. The number of carbonyl (C=O) groups is 1. The standard InChI is InChI=1S/C17H17ClN2O/c1-17(11-13-5-3-2-4-6-13)12-20(19-16(17)21)15-9-7-14(18)8-10-15/h2-10H,11-12H2,1H3,(H,19,21). The number of amides is 1. The van der Waals surface area contributed by atoms with Crippen molar-refractivity contribution in [3.8, 4) is 0 Å². The van der Waals surface area contributed by atoms with Gasteiger partial charge in [-0.25, -0.2) is 0 Å². The van der Waals surface area contributed by atoms with E-state index in [9.17, 15) is 4.79 Å². The van der Waals surface area contributed by atoms with Crippen LogP contribution in [0.25, 0.3) is 0 Å². The lowest BCUT2D eigenvalue weighted by atomic mass is 9.84. The molecule has 2 aromatic carbocycles. The zero-order chi connectivity index (χ0) is 14.9. The minimum Gasteiger partial charge on any atom is -0.284 e. The summed E-state index contributed by atoms with van der Waals surface area (Å²) in [7, 11) is 0. The van der Waals surface area contributed by atoms with Gasteiger partial charge in [-0.05, 0) is 43.2 Å². The maximum atomic E-state index is 12.4. The van der Waals surface area contributed by atoms with E-state index < -0.39 is 5.41 Å². The molecule has 4 heteroatoms. The molecule has 1 N–H and O–H groups in total. The summed E-state index contributed by atoms with van der Waals surface area (Å²) in [6, 6.07) is 17.6. The first kappa shape index (κ1) is 14.0. The third-order valence-corrected chi connectivity index (χ3v) is 4.12. The van der Waals surface area contributed by atoms with Crippen molar-refractivity contribution in [1.29, 1.82) is 0 Å². The molecule has 0 bridgehead atoms. The summed E-state index contributed by atoms with van der Waals surface area (Å²) in [4.78, 5) is 12.4. The van der Waals surface area contributed by atoms with Crippen molar-refractivity contribution in [2.75, 3.05) is 11.6 Å². The monoisotopic (exact) mass is 300 g/mol. The van der Waals surface area contributed by atoms with Gasteiger partial charge < -0.3 is 0 Å². The molecule has 1 amide bonds. The van der Waals surface area contributed by atoms with E-state index in [0.29, 0.717) is 11.6 Å². The van der Waals surface area contributed by atoms with Crippen LogP contribution in [-0.4, -0.2) is 12.5 Å². The van der Waals surface area contributed by atoms with Crippen LogP contribution < -0.4 is 10.4 Å². The van der Waals surface area contributed by atoms with Crippen molar-refractivity contribution in [1.82, 2.24) is 5.43 Å². The minimum absolute atomic E-state index is 0.0568. The van der Waals surface area contributed by atoms with Gasteiger partial charge in [0, 0.05) is 5.02 Å². The fraction of sp³-hybridized carbons (Fsp3) is 0.235. The Hall–Kier alpha value is -2.00. The van der Waals surface area contributed by atoms with Crippen LogP contribution >= 0.6 is 11.6 Å². The highest BCUT2D eigenvalue weighted by molar-refractivity contribution is 6.30. The van der Waals surface area contributed by atoms with Gasteiger partial charge in [0.05, 0.1) is 17.6 Å². The van der Waals surface area contributed by atoms with Crippen LogP contribution in [0.15, 0.2) is 54.6 Å². The molecule has 1 aliphatic heterocycles. The van der Waals surface area contributed by atoms with E-state index in [2.05, 4.69) is 17.6 Å². The van der Waals surface area contributed by atoms with E-state index in [0.717, 1.165) is 12.1 Å². The number of halogens is 1. The number of hydrogen-bond acceptors (Lipinski definition) is 2. The molecule has 0 aliphatic carbocycles. The first-order valence-electron chi connectivity index (χ1n) is 6.95. The Morgan fingerprint density at radius 3 is 2.48 bits per heavy atom. The molecule has 1 unspecified atom stereocenters. The van der Waals surface area contributed by atoms with Gasteiger partial charge in [-0.2, -0.15) is 0 Å². The van der Waals surface area contributed by atoms with Gasteiger partial charge in [0.15, 0.2) is 0 Å². The number of anilines is 1. The summed E-state index contributed by atoms with van der Waals surface area (Å²) in [6.45, 7) is 2.65. The lowest BCUT2D eigenvalue weighted by Gasteiger charge is -2.21. The topological polar surface area (TPSA) is 32.3 Å². The molecular weight excluding hydrogens is 284 g/mol. The zero-order valence-electron chi connectivity index (χ0n) is 11.8. The first-order valence-corrected chi connectivity index (χ1v) is 7.33. The normalized spacial score (nSPS) is 21.4. The summed E-state index contributed by atoms with van der Waals surface area (Å²) in [5, 5.41) is 2.58. The number of nitrogens with one attached hydrogen (secondary N) is 1. The molecule has 1 fully saturated rings. The number of hydrogen-bond donors (Lipinski definition) is 1. The lowest BCUT2D eigenvalue weighted by molar-refractivity contribution is -0.126. The van der Waals surface area contributed by atoms with E-state index in [1.165, 1.54) is 5.56 Å². The molecule has 3 nitrogen and oxygen atoms in total. The summed E-state index contributed by atoms with van der Waals surface area (Å²) in [5.41, 5.74) is 4.65. The summed E-state index contributed by atoms with van der Waals surface area (Å²) in [5.74, 6) is 0.0568. The maximum Gasteiger partial charge on any atom is 0.246 e. The zero-order valence-corrected chi connectivity index (χ0v) is 12.6. The molecule has 1 aliphatic rings. The van der Waals surface area contributed by atoms with Crippen LogP contribution in [0.3, 0.4) is 0 Å². The molecular formula is C17H17ClN2O. The second-order valence-electron chi connectivity index (χ2n) is 5.73. The Morgan fingerprint density at radius 1 is 1.14 bits per heavy atom. The molecule has 108 valence electrons. The van der Waals surface area contributed by atoms with Crippen LogP contribution in [0.2, 0.25) is 5.02 Å². The highest BCUT2D eigenvalue weighted by Crippen LogP contribution is 2.31. The van der Waals surface area contributed by atoms with Crippen LogP contribution in [0.1, 0.15) is 12.5 Å². The van der Waals surface area contributed by atoms with E-state index in [1.807, 2.05) is 54.4 Å². The van der Waals surface area contributed by atoms with Crippen molar-refractivity contribution in [3.63, 3.8) is 0 Å². The molecule has 0 spiro atoms. The summed E-state index contributed by atoms with van der Waals surface area (Å²) in [6.07, 6.45) is 0.726. The van der Waals surface area contributed by atoms with Gasteiger partial charge in [0.25, 0.3) is 0 Å². The molecule has 1 heterocycles. The smallest absolute Gasteiger partial charge is 0.246 e. The quantitative estimate of drug-likeness (QED) is 0.942. The third-order valence-electron chi connectivity index (χ3n) is 3.87. The molecule has 21 heavy (non-hydrogen) atoms. The van der Waals surface area contributed by atoms with Gasteiger partial charge in [-0.15, -0.1) is 0 Å². The van der Waals surface area contributed by atoms with Gasteiger partial charge in [0.1, 0.15) is 0 Å². The minimum atomic E-state index is -0.430. The van der Waals surface area contributed by atoms with Crippen LogP contribution in [0.4, 0.5) is 5.69 Å². The SMILES string of the molecule is CC1(Cc2ccccc2)CN(c2ccc(Cl)cc2)NC1=O. The Balaban J connectivity index is 1.79. The van der Waals surface area contributed by atoms with E-state index in [-0.39, 0.29) is 5.91 Å². The van der Waals surface area contributed by atoms with Gasteiger partial charge in [-0.1, -0.05) is 41.9 Å². The highest BCUT2D eigenvalue weighted by atomic mass is 35.5.